The van der Waals surface area contributed by atoms with Gasteiger partial charge < -0.3 is 65.1 Å². The van der Waals surface area contributed by atoms with Gasteiger partial charge in [-0.2, -0.15) is 0 Å². The van der Waals surface area contributed by atoms with Crippen LogP contribution in [0.2, 0.25) is 0 Å². The van der Waals surface area contributed by atoms with E-state index in [2.05, 4.69) is 97.3 Å². The van der Waals surface area contributed by atoms with Crippen LogP contribution in [0, 0.1) is 0 Å². The molecular formula is C54H91NO13. The molecule has 2 rings (SSSR count). The van der Waals surface area contributed by atoms with Crippen LogP contribution in [-0.2, 0) is 23.7 Å². The third-order valence-corrected chi connectivity index (χ3v) is 12.1. The summed E-state index contributed by atoms with van der Waals surface area (Å²) in [5, 5.41) is 86.0. The monoisotopic (exact) mass is 962 g/mol. The van der Waals surface area contributed by atoms with Crippen LogP contribution in [0.4, 0.5) is 0 Å². The summed E-state index contributed by atoms with van der Waals surface area (Å²) in [5.74, 6) is -0.231. The van der Waals surface area contributed by atoms with Crippen molar-refractivity contribution in [1.82, 2.24) is 5.32 Å². The molecule has 390 valence electrons. The number of hydrogen-bond acceptors (Lipinski definition) is 13. The largest absolute Gasteiger partial charge is 0.394 e. The van der Waals surface area contributed by atoms with Crippen LogP contribution in [0.1, 0.15) is 155 Å². The van der Waals surface area contributed by atoms with Crippen molar-refractivity contribution in [3.8, 4) is 0 Å². The Morgan fingerprint density at radius 2 is 1.01 bits per heavy atom. The highest BCUT2D eigenvalue weighted by molar-refractivity contribution is 5.76. The van der Waals surface area contributed by atoms with Crippen molar-refractivity contribution in [1.29, 1.82) is 0 Å². The number of aliphatic hydroxyl groups excluding tert-OH is 8. The first kappa shape index (κ1) is 61.3. The molecule has 0 aliphatic carbocycles. The zero-order valence-electron chi connectivity index (χ0n) is 41.3. The lowest BCUT2D eigenvalue weighted by Gasteiger charge is -2.46. The number of carbonyl (C=O) groups excluding carboxylic acids is 1. The summed E-state index contributed by atoms with van der Waals surface area (Å²) in [4.78, 5) is 13.0. The van der Waals surface area contributed by atoms with Crippen molar-refractivity contribution < 1.29 is 64.6 Å². The first-order valence-electron chi connectivity index (χ1n) is 25.8. The predicted octanol–water partition coefficient (Wildman–Crippen LogP) is 6.99. The van der Waals surface area contributed by atoms with Gasteiger partial charge in [-0.25, -0.2) is 0 Å². The van der Waals surface area contributed by atoms with Gasteiger partial charge in [0.05, 0.1) is 32.0 Å². The second-order valence-electron chi connectivity index (χ2n) is 17.9. The molecule has 0 aromatic rings. The maximum atomic E-state index is 13.0. The minimum atomic E-state index is -1.78. The number of carbonyl (C=O) groups is 1. The Labute approximate surface area is 408 Å². The van der Waals surface area contributed by atoms with Crippen molar-refractivity contribution in [3.05, 3.63) is 85.1 Å². The van der Waals surface area contributed by atoms with E-state index >= 15 is 0 Å². The summed E-state index contributed by atoms with van der Waals surface area (Å²) in [6.07, 6.45) is 35.6. The summed E-state index contributed by atoms with van der Waals surface area (Å²) in [7, 11) is 0. The van der Waals surface area contributed by atoms with Gasteiger partial charge >= 0.3 is 0 Å². The summed E-state index contributed by atoms with van der Waals surface area (Å²) in [6.45, 7) is 2.52. The molecule has 0 spiro atoms. The van der Waals surface area contributed by atoms with Crippen LogP contribution in [0.3, 0.4) is 0 Å². The SMILES string of the molecule is CC/C=C\C/C=C\C/C=C\C/C=C\C/C=C\C/C=C\C/C=C\CCCCCCCCCCCC(=O)NC(COC1OC(CO)C(OC2OC(CO)C(O)C(O)C2O)C(O)C1O)C(O)CCCCC. The quantitative estimate of drug-likeness (QED) is 0.0225. The van der Waals surface area contributed by atoms with Crippen LogP contribution in [0.15, 0.2) is 85.1 Å². The van der Waals surface area contributed by atoms with Gasteiger partial charge in [-0.15, -0.1) is 0 Å². The van der Waals surface area contributed by atoms with Gasteiger partial charge in [-0.05, 0) is 70.6 Å². The molecule has 0 radical (unpaired) electrons. The molecule has 2 aliphatic heterocycles. The molecule has 2 heterocycles. The molecule has 2 aliphatic rings. The average molecular weight is 962 g/mol. The number of nitrogens with one attached hydrogen (secondary N) is 1. The third kappa shape index (κ3) is 26.4. The highest BCUT2D eigenvalue weighted by atomic mass is 16.7. The van der Waals surface area contributed by atoms with E-state index in [-0.39, 0.29) is 18.9 Å². The van der Waals surface area contributed by atoms with Crippen molar-refractivity contribution in [2.24, 2.45) is 0 Å². The van der Waals surface area contributed by atoms with E-state index in [0.717, 1.165) is 89.9 Å². The minimum Gasteiger partial charge on any atom is -0.394 e. The molecule has 68 heavy (non-hydrogen) atoms. The number of ether oxygens (including phenoxy) is 4. The van der Waals surface area contributed by atoms with Gasteiger partial charge in [0.1, 0.15) is 48.8 Å². The Hall–Kier alpha value is -2.83. The van der Waals surface area contributed by atoms with E-state index in [1.54, 1.807) is 0 Å². The van der Waals surface area contributed by atoms with Crippen molar-refractivity contribution in [2.45, 2.75) is 229 Å². The molecule has 0 aromatic carbocycles. The molecule has 14 heteroatoms. The maximum absolute atomic E-state index is 13.0. The van der Waals surface area contributed by atoms with E-state index in [1.165, 1.54) is 32.1 Å². The Bertz CT molecular complexity index is 1460. The molecule has 12 atom stereocenters. The summed E-state index contributed by atoms with van der Waals surface area (Å²) < 4.78 is 22.5. The summed E-state index contributed by atoms with van der Waals surface area (Å²) >= 11 is 0. The van der Waals surface area contributed by atoms with E-state index in [9.17, 15) is 45.6 Å². The van der Waals surface area contributed by atoms with E-state index in [0.29, 0.717) is 12.8 Å². The smallest absolute Gasteiger partial charge is 0.220 e. The van der Waals surface area contributed by atoms with Crippen molar-refractivity contribution in [2.75, 3.05) is 19.8 Å². The zero-order valence-corrected chi connectivity index (χ0v) is 41.3. The van der Waals surface area contributed by atoms with E-state index in [1.807, 2.05) is 6.92 Å². The molecule has 2 saturated heterocycles. The fourth-order valence-electron chi connectivity index (χ4n) is 7.92. The first-order valence-corrected chi connectivity index (χ1v) is 25.8. The van der Waals surface area contributed by atoms with Crippen LogP contribution in [-0.4, -0.2) is 140 Å². The standard InChI is InChI=1S/C54H91NO13/c1-3-5-7-8-9-10-11-12-13-14-15-16-17-18-19-20-21-22-23-24-25-26-27-28-29-30-31-32-33-34-36-38-46(59)55-42(43(58)37-35-6-4-2)41-65-53-51(64)49(62)52(45(40-57)67-53)68-54-50(63)48(61)47(60)44(39-56)66-54/h5,7,9-10,12-13,15-16,18-19,21-22,24-25,42-45,47-54,56-58,60-64H,3-4,6,8,11,14,17,20,23,26-41H2,1-2H3,(H,55,59)/b7-5-,10-9-,13-12-,16-15-,19-18-,22-21-,25-24-. The number of allylic oxidation sites excluding steroid dienone is 14. The number of hydrogen-bond donors (Lipinski definition) is 9. The Morgan fingerprint density at radius 1 is 0.544 bits per heavy atom. The van der Waals surface area contributed by atoms with E-state index < -0.39 is 86.8 Å². The van der Waals surface area contributed by atoms with Crippen molar-refractivity contribution in [3.63, 3.8) is 0 Å². The molecule has 12 unspecified atom stereocenters. The summed E-state index contributed by atoms with van der Waals surface area (Å²) in [5.41, 5.74) is 0. The number of aliphatic hydroxyl groups is 8. The molecule has 0 aromatic heterocycles. The van der Waals surface area contributed by atoms with Gasteiger partial charge in [0.25, 0.3) is 0 Å². The van der Waals surface area contributed by atoms with Crippen LogP contribution in [0.5, 0.6) is 0 Å². The maximum Gasteiger partial charge on any atom is 0.220 e. The number of unbranched alkanes of at least 4 members (excludes halogenated alkanes) is 11. The summed E-state index contributed by atoms with van der Waals surface area (Å²) in [6, 6.07) is -0.832. The fourth-order valence-corrected chi connectivity index (χ4v) is 7.92. The van der Waals surface area contributed by atoms with Crippen LogP contribution >= 0.6 is 0 Å². The molecule has 0 saturated carbocycles. The fraction of sp³-hybridized carbons (Fsp3) is 0.722. The first-order chi connectivity index (χ1) is 33.1. The lowest BCUT2D eigenvalue weighted by Crippen LogP contribution is -2.65. The van der Waals surface area contributed by atoms with Gasteiger partial charge in [-0.3, -0.25) is 4.79 Å². The average Bonchev–Trinajstić information content (AvgIpc) is 3.33. The molecule has 14 nitrogen and oxygen atoms in total. The molecule has 0 bridgehead atoms. The lowest BCUT2D eigenvalue weighted by molar-refractivity contribution is -0.359. The second kappa shape index (κ2) is 39.8. The van der Waals surface area contributed by atoms with Gasteiger partial charge in [0, 0.05) is 6.42 Å². The number of rotatable bonds is 38. The van der Waals surface area contributed by atoms with Gasteiger partial charge in [0.15, 0.2) is 12.6 Å². The molecule has 9 N–H and O–H groups in total. The van der Waals surface area contributed by atoms with Gasteiger partial charge in [0.2, 0.25) is 5.91 Å². The van der Waals surface area contributed by atoms with E-state index in [4.69, 9.17) is 18.9 Å². The molecule has 2 fully saturated rings. The molecule has 1 amide bonds. The van der Waals surface area contributed by atoms with Crippen molar-refractivity contribution >= 4 is 5.91 Å². The van der Waals surface area contributed by atoms with Gasteiger partial charge in [-0.1, -0.05) is 163 Å². The molecular weight excluding hydrogens is 871 g/mol. The predicted molar refractivity (Wildman–Crippen MR) is 267 cm³/mol. The lowest BCUT2D eigenvalue weighted by atomic mass is 9.97. The highest BCUT2D eigenvalue weighted by Crippen LogP contribution is 2.30. The Morgan fingerprint density at radius 3 is 1.53 bits per heavy atom. The Balaban J connectivity index is 1.58. The zero-order chi connectivity index (χ0) is 49.6. The normalized spacial score (nSPS) is 27.1. The topological polar surface area (TPSA) is 228 Å². The third-order valence-electron chi connectivity index (χ3n) is 12.1. The number of amides is 1. The Kier molecular flexibility index (Phi) is 35.9. The van der Waals surface area contributed by atoms with Crippen LogP contribution in [0.25, 0.3) is 0 Å². The van der Waals surface area contributed by atoms with Crippen LogP contribution < -0.4 is 5.32 Å². The second-order valence-corrected chi connectivity index (χ2v) is 17.9. The minimum absolute atomic E-state index is 0.231. The highest BCUT2D eigenvalue weighted by Gasteiger charge is 2.51.